The fraction of sp³-hybridized carbons (Fsp3) is 0.348. The first-order valence-corrected chi connectivity index (χ1v) is 10.9. The van der Waals surface area contributed by atoms with Crippen molar-refractivity contribution in [2.45, 2.75) is 19.9 Å². The summed E-state index contributed by atoms with van der Waals surface area (Å²) in [4.78, 5) is 33.5. The van der Waals surface area contributed by atoms with Gasteiger partial charge < -0.3 is 14.4 Å². The molecule has 0 spiro atoms. The summed E-state index contributed by atoms with van der Waals surface area (Å²) in [6.07, 6.45) is 1.42. The number of hydrogen-bond donors (Lipinski definition) is 0. The fourth-order valence-electron chi connectivity index (χ4n) is 4.12. The van der Waals surface area contributed by atoms with E-state index in [0.29, 0.717) is 18.6 Å². The van der Waals surface area contributed by atoms with E-state index in [2.05, 4.69) is 4.98 Å². The van der Waals surface area contributed by atoms with Crippen LogP contribution >= 0.6 is 11.6 Å². The van der Waals surface area contributed by atoms with E-state index in [9.17, 15) is 22.8 Å². The van der Waals surface area contributed by atoms with Crippen molar-refractivity contribution in [3.05, 3.63) is 64.7 Å². The van der Waals surface area contributed by atoms with Gasteiger partial charge in [-0.1, -0.05) is 25.4 Å². The summed E-state index contributed by atoms with van der Waals surface area (Å²) in [5.74, 6) is -3.21. The van der Waals surface area contributed by atoms with Gasteiger partial charge in [-0.3, -0.25) is 9.59 Å². The Labute approximate surface area is 193 Å². The zero-order valence-electron chi connectivity index (χ0n) is 18.1. The number of fused-ring (bicyclic) bond motifs is 1. The van der Waals surface area contributed by atoms with Crippen molar-refractivity contribution in [3.8, 4) is 0 Å². The lowest BCUT2D eigenvalue weighted by Crippen LogP contribution is -2.52. The van der Waals surface area contributed by atoms with Crippen LogP contribution in [0.3, 0.4) is 0 Å². The molecular weight excluding hydrogens is 457 g/mol. The number of hydrogen-bond acceptors (Lipinski definition) is 3. The molecule has 33 heavy (non-hydrogen) atoms. The summed E-state index contributed by atoms with van der Waals surface area (Å²) in [6.45, 7) is 4.89. The number of rotatable bonds is 4. The lowest BCUT2D eigenvalue weighted by Gasteiger charge is -2.37. The average molecular weight is 479 g/mol. The van der Waals surface area contributed by atoms with Crippen molar-refractivity contribution in [3.63, 3.8) is 0 Å². The fourth-order valence-corrected chi connectivity index (χ4v) is 4.37. The summed E-state index contributed by atoms with van der Waals surface area (Å²) in [7, 11) is 0. The van der Waals surface area contributed by atoms with Crippen molar-refractivity contribution in [2.75, 3.05) is 26.2 Å². The van der Waals surface area contributed by atoms with Gasteiger partial charge in [0.25, 0.3) is 5.91 Å². The molecule has 0 N–H and O–H groups in total. The monoisotopic (exact) mass is 478 g/mol. The van der Waals surface area contributed by atoms with Crippen LogP contribution in [-0.4, -0.2) is 57.3 Å². The topological polar surface area (TPSA) is 58.4 Å². The first-order valence-electron chi connectivity index (χ1n) is 10.5. The Morgan fingerprint density at radius 1 is 0.970 bits per heavy atom. The first kappa shape index (κ1) is 23.1. The molecule has 2 amide bonds. The Hall–Kier alpha value is -3.07. The Kier molecular flexibility index (Phi) is 6.34. The van der Waals surface area contributed by atoms with E-state index in [-0.39, 0.29) is 46.9 Å². The zero-order valence-corrected chi connectivity index (χ0v) is 18.8. The summed E-state index contributed by atoms with van der Waals surface area (Å²) < 4.78 is 42.3. The van der Waals surface area contributed by atoms with Gasteiger partial charge in [0, 0.05) is 38.3 Å². The van der Waals surface area contributed by atoms with Gasteiger partial charge in [-0.2, -0.15) is 0 Å². The maximum atomic E-state index is 13.9. The number of halogens is 4. The average Bonchev–Trinajstić information content (AvgIpc) is 3.15. The van der Waals surface area contributed by atoms with E-state index in [1.807, 2.05) is 13.8 Å². The molecule has 1 fully saturated rings. The van der Waals surface area contributed by atoms with Crippen LogP contribution in [0.2, 0.25) is 5.02 Å². The SMILES string of the molecule is CC(C)C(C(=O)N1CCN(C(=O)c2ccc(F)cc2Cl)CC1)n1cnc2cc(F)c(F)cc21. The molecule has 2 aromatic carbocycles. The Morgan fingerprint density at radius 3 is 2.24 bits per heavy atom. The molecule has 2 heterocycles. The van der Waals surface area contributed by atoms with E-state index < -0.39 is 23.5 Å². The van der Waals surface area contributed by atoms with Crippen LogP contribution in [-0.2, 0) is 4.79 Å². The largest absolute Gasteiger partial charge is 0.337 e. The number of carbonyl (C=O) groups is 2. The molecule has 0 bridgehead atoms. The summed E-state index contributed by atoms with van der Waals surface area (Å²) in [6, 6.07) is 4.99. The molecule has 3 aromatic rings. The van der Waals surface area contributed by atoms with Gasteiger partial charge in [-0.25, -0.2) is 18.2 Å². The van der Waals surface area contributed by atoms with E-state index in [4.69, 9.17) is 11.6 Å². The first-order chi connectivity index (χ1) is 15.7. The predicted molar refractivity (Wildman–Crippen MR) is 117 cm³/mol. The summed E-state index contributed by atoms with van der Waals surface area (Å²) in [5, 5.41) is 0.0361. The number of benzene rings is 2. The minimum absolute atomic E-state index is 0.0361. The number of nitrogens with zero attached hydrogens (tertiary/aromatic N) is 4. The second kappa shape index (κ2) is 9.05. The Morgan fingerprint density at radius 2 is 1.61 bits per heavy atom. The quantitative estimate of drug-likeness (QED) is 0.562. The third-order valence-electron chi connectivity index (χ3n) is 5.84. The molecule has 10 heteroatoms. The highest BCUT2D eigenvalue weighted by Crippen LogP contribution is 2.28. The molecule has 1 aliphatic heterocycles. The second-order valence-corrected chi connectivity index (χ2v) is 8.74. The minimum atomic E-state index is -1.01. The van der Waals surface area contributed by atoms with Crippen LogP contribution in [0.4, 0.5) is 13.2 Å². The van der Waals surface area contributed by atoms with Crippen molar-refractivity contribution in [1.82, 2.24) is 19.4 Å². The highest BCUT2D eigenvalue weighted by molar-refractivity contribution is 6.33. The molecule has 6 nitrogen and oxygen atoms in total. The molecule has 1 atom stereocenters. The van der Waals surface area contributed by atoms with E-state index >= 15 is 0 Å². The van der Waals surface area contributed by atoms with Gasteiger partial charge in [0.2, 0.25) is 5.91 Å². The van der Waals surface area contributed by atoms with Crippen LogP contribution in [0.25, 0.3) is 11.0 Å². The van der Waals surface area contributed by atoms with E-state index in [1.165, 1.54) is 18.5 Å². The smallest absolute Gasteiger partial charge is 0.255 e. The zero-order chi connectivity index (χ0) is 23.9. The molecule has 1 aliphatic rings. The van der Waals surface area contributed by atoms with Crippen molar-refractivity contribution >= 4 is 34.4 Å². The molecule has 0 aliphatic carbocycles. The van der Waals surface area contributed by atoms with E-state index in [0.717, 1.165) is 18.2 Å². The van der Waals surface area contributed by atoms with Crippen LogP contribution in [0.1, 0.15) is 30.2 Å². The maximum absolute atomic E-state index is 13.9. The van der Waals surface area contributed by atoms with E-state index in [1.54, 1.807) is 14.4 Å². The normalized spacial score (nSPS) is 15.4. The molecule has 4 rings (SSSR count). The molecule has 1 unspecified atom stereocenters. The third kappa shape index (κ3) is 4.42. The van der Waals surface area contributed by atoms with Gasteiger partial charge in [-0.05, 0) is 24.1 Å². The Bertz CT molecular complexity index is 1220. The number of piperazine rings is 1. The van der Waals surface area contributed by atoms with Crippen molar-refractivity contribution in [1.29, 1.82) is 0 Å². The van der Waals surface area contributed by atoms with Gasteiger partial charge in [0.05, 0.1) is 27.9 Å². The summed E-state index contributed by atoms with van der Waals surface area (Å²) >= 11 is 6.01. The van der Waals surface area contributed by atoms with Gasteiger partial charge in [0.1, 0.15) is 11.9 Å². The molecule has 174 valence electrons. The van der Waals surface area contributed by atoms with Crippen molar-refractivity contribution < 1.29 is 22.8 Å². The van der Waals surface area contributed by atoms with Crippen molar-refractivity contribution in [2.24, 2.45) is 5.92 Å². The van der Waals surface area contributed by atoms with Crippen LogP contribution < -0.4 is 0 Å². The van der Waals surface area contributed by atoms with Crippen LogP contribution in [0, 0.1) is 23.4 Å². The van der Waals surface area contributed by atoms with Gasteiger partial charge in [0.15, 0.2) is 11.6 Å². The van der Waals surface area contributed by atoms with Crippen LogP contribution in [0.5, 0.6) is 0 Å². The number of amides is 2. The highest BCUT2D eigenvalue weighted by Gasteiger charge is 2.33. The molecule has 1 aromatic heterocycles. The standard InChI is InChI=1S/C23H22ClF3N4O2/c1-13(2)21(31-12-28-19-10-17(26)18(27)11-20(19)31)23(33)30-7-5-29(6-8-30)22(32)15-4-3-14(25)9-16(15)24/h3-4,9-13,21H,5-8H2,1-2H3. The highest BCUT2D eigenvalue weighted by atomic mass is 35.5. The molecule has 1 saturated heterocycles. The number of carbonyl (C=O) groups excluding carboxylic acids is 2. The lowest BCUT2D eigenvalue weighted by atomic mass is 10.0. The molecular formula is C23H22ClF3N4O2. The third-order valence-corrected chi connectivity index (χ3v) is 6.15. The maximum Gasteiger partial charge on any atom is 0.255 e. The summed E-state index contributed by atoms with van der Waals surface area (Å²) in [5.41, 5.74) is 0.803. The Balaban J connectivity index is 1.51. The minimum Gasteiger partial charge on any atom is -0.337 e. The second-order valence-electron chi connectivity index (χ2n) is 8.34. The number of aromatic nitrogens is 2. The molecule has 0 radical (unpaired) electrons. The number of imidazole rings is 1. The van der Waals surface area contributed by atoms with Crippen LogP contribution in [0.15, 0.2) is 36.7 Å². The lowest BCUT2D eigenvalue weighted by molar-refractivity contribution is -0.137. The predicted octanol–water partition coefficient (Wildman–Crippen LogP) is 4.29. The molecule has 0 saturated carbocycles. The van der Waals surface area contributed by atoms with Gasteiger partial charge in [-0.15, -0.1) is 0 Å². The van der Waals surface area contributed by atoms with Gasteiger partial charge >= 0.3 is 0 Å².